The number of benzene rings is 1. The summed E-state index contributed by atoms with van der Waals surface area (Å²) < 4.78 is 43.0. The quantitative estimate of drug-likeness (QED) is 0.863. The number of nitrogens with two attached hydrogens (primary N) is 1. The van der Waals surface area contributed by atoms with Crippen LogP contribution in [-0.2, 0) is 14.6 Å². The first-order valence-corrected chi connectivity index (χ1v) is 8.42. The van der Waals surface area contributed by atoms with E-state index in [-0.39, 0.29) is 18.2 Å². The number of hydrogen-bond acceptors (Lipinski definition) is 4. The van der Waals surface area contributed by atoms with Gasteiger partial charge in [-0.05, 0) is 24.6 Å². The first-order chi connectivity index (χ1) is 9.36. The van der Waals surface area contributed by atoms with Crippen LogP contribution in [0, 0.1) is 5.82 Å². The zero-order valence-corrected chi connectivity index (χ0v) is 12.5. The summed E-state index contributed by atoms with van der Waals surface area (Å²) >= 11 is 0. The van der Waals surface area contributed by atoms with E-state index >= 15 is 0 Å². The van der Waals surface area contributed by atoms with Crippen molar-refractivity contribution in [1.29, 1.82) is 0 Å². The predicted octanol–water partition coefficient (Wildman–Crippen LogP) is 1.46. The summed E-state index contributed by atoms with van der Waals surface area (Å²) in [5, 5.41) is -0.701. The van der Waals surface area contributed by atoms with Gasteiger partial charge in [0.15, 0.2) is 9.84 Å². The van der Waals surface area contributed by atoms with Gasteiger partial charge in [-0.25, -0.2) is 12.8 Å². The van der Waals surface area contributed by atoms with Crippen molar-refractivity contribution in [3.8, 4) is 0 Å². The molecule has 3 atom stereocenters. The fourth-order valence-corrected chi connectivity index (χ4v) is 4.77. The lowest BCUT2D eigenvalue weighted by Gasteiger charge is -2.12. The van der Waals surface area contributed by atoms with Crippen LogP contribution >= 0.6 is 0 Å². The van der Waals surface area contributed by atoms with Crippen molar-refractivity contribution in [2.75, 3.05) is 19.0 Å². The first-order valence-electron chi connectivity index (χ1n) is 6.70. The van der Waals surface area contributed by atoms with Crippen LogP contribution in [0.4, 0.5) is 4.39 Å². The highest BCUT2D eigenvalue weighted by Crippen LogP contribution is 2.54. The van der Waals surface area contributed by atoms with Gasteiger partial charge in [0.2, 0.25) is 0 Å². The Bertz CT molecular complexity index is 590. The Hall–Kier alpha value is -0.980. The van der Waals surface area contributed by atoms with Gasteiger partial charge in [0, 0.05) is 18.3 Å². The Kier molecular flexibility index (Phi) is 4.18. The summed E-state index contributed by atoms with van der Waals surface area (Å²) in [7, 11) is -3.30. The van der Waals surface area contributed by atoms with E-state index in [9.17, 15) is 12.8 Å². The van der Waals surface area contributed by atoms with Crippen LogP contribution < -0.4 is 5.73 Å². The molecule has 0 radical (unpaired) electrons. The fraction of sp³-hybridized carbons (Fsp3) is 0.571. The third-order valence-electron chi connectivity index (χ3n) is 3.86. The van der Waals surface area contributed by atoms with E-state index in [0.717, 1.165) is 0 Å². The summed E-state index contributed by atoms with van der Waals surface area (Å²) in [6.07, 6.45) is 0. The number of hydrogen-bond donors (Lipinski definition) is 1. The van der Waals surface area contributed by atoms with E-state index < -0.39 is 26.5 Å². The molecule has 2 rings (SSSR count). The number of rotatable bonds is 6. The molecule has 6 heteroatoms. The average Bonchev–Trinajstić information content (AvgIpc) is 3.04. The second-order valence-electron chi connectivity index (χ2n) is 5.15. The summed E-state index contributed by atoms with van der Waals surface area (Å²) in [4.78, 5) is 0. The highest BCUT2D eigenvalue weighted by atomic mass is 32.2. The van der Waals surface area contributed by atoms with Crippen LogP contribution in [-0.4, -0.2) is 38.2 Å². The van der Waals surface area contributed by atoms with Crippen LogP contribution in [0.3, 0.4) is 0 Å². The van der Waals surface area contributed by atoms with E-state index in [0.29, 0.717) is 12.2 Å². The maximum absolute atomic E-state index is 13.3. The van der Waals surface area contributed by atoms with Gasteiger partial charge in [-0.3, -0.25) is 0 Å². The summed E-state index contributed by atoms with van der Waals surface area (Å²) in [5.74, 6) is -0.773. The molecular formula is C14H20FNO3S. The molecule has 0 unspecified atom stereocenters. The third-order valence-corrected chi connectivity index (χ3v) is 6.15. The molecule has 1 fully saturated rings. The second kappa shape index (κ2) is 5.42. The van der Waals surface area contributed by atoms with Gasteiger partial charge in [0.25, 0.3) is 0 Å². The minimum Gasteiger partial charge on any atom is -0.380 e. The Balaban J connectivity index is 2.35. The van der Waals surface area contributed by atoms with Crippen molar-refractivity contribution in [3.05, 3.63) is 35.6 Å². The molecule has 20 heavy (non-hydrogen) atoms. The SMILES string of the molecule is CCOC[C@]1(N)[C@H](c2cccc(F)c2)[C@@H]1S(=O)(=O)CC. The Morgan fingerprint density at radius 1 is 1.40 bits per heavy atom. The summed E-state index contributed by atoms with van der Waals surface area (Å²) in [5.41, 5.74) is 5.90. The van der Waals surface area contributed by atoms with Crippen molar-refractivity contribution in [3.63, 3.8) is 0 Å². The smallest absolute Gasteiger partial charge is 0.155 e. The molecular weight excluding hydrogens is 281 g/mol. The second-order valence-corrected chi connectivity index (χ2v) is 7.57. The van der Waals surface area contributed by atoms with E-state index in [1.165, 1.54) is 12.1 Å². The highest BCUT2D eigenvalue weighted by Gasteiger charge is 2.68. The lowest BCUT2D eigenvalue weighted by Crippen LogP contribution is -2.36. The van der Waals surface area contributed by atoms with Gasteiger partial charge in [0.1, 0.15) is 5.82 Å². The zero-order valence-electron chi connectivity index (χ0n) is 11.7. The molecule has 1 aliphatic rings. The topological polar surface area (TPSA) is 69.4 Å². The number of sulfone groups is 1. The normalized spacial score (nSPS) is 29.4. The Morgan fingerprint density at radius 2 is 2.10 bits per heavy atom. The minimum absolute atomic E-state index is 0.0224. The van der Waals surface area contributed by atoms with Crippen molar-refractivity contribution in [2.45, 2.75) is 30.6 Å². The molecule has 1 aromatic carbocycles. The van der Waals surface area contributed by atoms with Gasteiger partial charge in [-0.15, -0.1) is 0 Å². The Morgan fingerprint density at radius 3 is 2.65 bits per heavy atom. The van der Waals surface area contributed by atoms with Gasteiger partial charge < -0.3 is 10.5 Å². The van der Waals surface area contributed by atoms with Gasteiger partial charge in [0.05, 0.1) is 17.4 Å². The molecule has 0 bridgehead atoms. The van der Waals surface area contributed by atoms with Gasteiger partial charge in [-0.2, -0.15) is 0 Å². The molecule has 1 saturated carbocycles. The molecule has 0 aliphatic heterocycles. The van der Waals surface area contributed by atoms with E-state index in [2.05, 4.69) is 0 Å². The third kappa shape index (κ3) is 2.60. The molecule has 0 aromatic heterocycles. The molecule has 112 valence electrons. The van der Waals surface area contributed by atoms with Crippen LogP contribution in [0.15, 0.2) is 24.3 Å². The molecule has 1 aliphatic carbocycles. The largest absolute Gasteiger partial charge is 0.380 e. The molecule has 0 spiro atoms. The van der Waals surface area contributed by atoms with Crippen LogP contribution in [0.25, 0.3) is 0 Å². The van der Waals surface area contributed by atoms with Gasteiger partial charge >= 0.3 is 0 Å². The minimum atomic E-state index is -3.30. The van der Waals surface area contributed by atoms with E-state index in [4.69, 9.17) is 10.5 Å². The lowest BCUT2D eigenvalue weighted by atomic mass is 10.1. The Labute approximate surface area is 119 Å². The molecule has 1 aromatic rings. The van der Waals surface area contributed by atoms with Gasteiger partial charge in [-0.1, -0.05) is 19.1 Å². The molecule has 4 nitrogen and oxygen atoms in total. The molecule has 2 N–H and O–H groups in total. The molecule has 0 amide bonds. The first kappa shape index (κ1) is 15.4. The monoisotopic (exact) mass is 301 g/mol. The predicted molar refractivity (Wildman–Crippen MR) is 75.8 cm³/mol. The standard InChI is InChI=1S/C14H20FNO3S/c1-3-19-9-14(16)12(13(14)20(17,18)4-2)10-6-5-7-11(15)8-10/h5-8,12-13H,3-4,9,16H2,1-2H3/t12-,13+,14+/m1/s1. The lowest BCUT2D eigenvalue weighted by molar-refractivity contribution is 0.125. The zero-order chi connectivity index (χ0) is 15.0. The van der Waals surface area contributed by atoms with Crippen molar-refractivity contribution in [1.82, 2.24) is 0 Å². The average molecular weight is 301 g/mol. The van der Waals surface area contributed by atoms with E-state index in [1.54, 1.807) is 19.1 Å². The van der Waals surface area contributed by atoms with E-state index in [1.807, 2.05) is 6.92 Å². The van der Waals surface area contributed by atoms with Crippen LogP contribution in [0.2, 0.25) is 0 Å². The number of ether oxygens (including phenoxy) is 1. The number of halogens is 1. The van der Waals surface area contributed by atoms with Crippen LogP contribution in [0.5, 0.6) is 0 Å². The molecule has 0 heterocycles. The fourth-order valence-electron chi connectivity index (χ4n) is 2.78. The summed E-state index contributed by atoms with van der Waals surface area (Å²) in [6.45, 7) is 4.05. The van der Waals surface area contributed by atoms with Crippen molar-refractivity contribution >= 4 is 9.84 Å². The highest BCUT2D eigenvalue weighted by molar-refractivity contribution is 7.92. The maximum atomic E-state index is 13.3. The van der Waals surface area contributed by atoms with Crippen molar-refractivity contribution in [2.24, 2.45) is 5.73 Å². The van der Waals surface area contributed by atoms with Crippen molar-refractivity contribution < 1.29 is 17.5 Å². The summed E-state index contributed by atoms with van der Waals surface area (Å²) in [6, 6.07) is 5.96. The van der Waals surface area contributed by atoms with Crippen LogP contribution in [0.1, 0.15) is 25.3 Å². The maximum Gasteiger partial charge on any atom is 0.155 e. The molecule has 0 saturated heterocycles.